The second kappa shape index (κ2) is 13.5. The van der Waals surface area contributed by atoms with Crippen LogP contribution in [0.2, 0.25) is 0 Å². The van der Waals surface area contributed by atoms with Crippen LogP contribution in [0.4, 0.5) is 5.69 Å². The molecule has 2 aromatic carbocycles. The molecule has 1 amide bonds. The van der Waals surface area contributed by atoms with Crippen molar-refractivity contribution in [2.24, 2.45) is 0 Å². The van der Waals surface area contributed by atoms with E-state index in [-0.39, 0.29) is 26.9 Å². The van der Waals surface area contributed by atoms with Crippen LogP contribution in [-0.2, 0) is 42.9 Å². The van der Waals surface area contributed by atoms with Crippen LogP contribution in [0.5, 0.6) is 5.19 Å². The maximum Gasteiger partial charge on any atom is 0.345 e. The van der Waals surface area contributed by atoms with Gasteiger partial charge in [0.05, 0.1) is 55.5 Å². The molecule has 0 unspecified atom stereocenters. The van der Waals surface area contributed by atoms with Crippen molar-refractivity contribution in [3.63, 3.8) is 0 Å². The molecule has 6 rings (SSSR count). The molecule has 4 heterocycles. The molecule has 3 aliphatic heterocycles. The fraction of sp³-hybridized carbons (Fsp3) is 0.294. The van der Waals surface area contributed by atoms with Gasteiger partial charge in [0.15, 0.2) is 6.61 Å². The Morgan fingerprint density at radius 3 is 2.00 bits per heavy atom. The lowest BCUT2D eigenvalue weighted by Crippen LogP contribution is -2.55. The van der Waals surface area contributed by atoms with Crippen LogP contribution >= 0.6 is 46.6 Å². The third-order valence-corrected chi connectivity index (χ3v) is 13.7. The number of fused-ring (bicyclic) bond motifs is 4. The Hall–Kier alpha value is -4.25. The van der Waals surface area contributed by atoms with Crippen LogP contribution in [0.3, 0.4) is 0 Å². The van der Waals surface area contributed by atoms with Gasteiger partial charge < -0.3 is 23.7 Å². The summed E-state index contributed by atoms with van der Waals surface area (Å²) in [6.45, 7) is 5.13. The summed E-state index contributed by atoms with van der Waals surface area (Å²) in [5.41, 5.74) is 1.73. The summed E-state index contributed by atoms with van der Waals surface area (Å²) < 4.78 is 25.7. The van der Waals surface area contributed by atoms with E-state index >= 15 is 0 Å². The standard InChI is InChI=1S/C34H30N2O10S4/c1-16-12-13-19-17(14-16)22-27(33(2,3)36(19)21(37)15-46-32-35-18-10-8-9-11-20(18)47-32)48-24(29(39)43-5)23(28(38)42-4)34(22)49-25(30(40)44-6)26(50-34)31(41)45-7/h8-14H,15H2,1-7H3. The molecule has 0 aliphatic carbocycles. The SMILES string of the molecule is COC(=O)C1=C(C(=O)OC)SC2(S1)C(C(=O)OC)=C(C(=O)OC)SC1=C2c2cc(C)ccc2N(C(=O)COc2nc3ccccc3s2)C1(C)C. The van der Waals surface area contributed by atoms with Crippen molar-refractivity contribution in [1.29, 1.82) is 0 Å². The lowest BCUT2D eigenvalue weighted by atomic mass is 9.83. The molecule has 12 nitrogen and oxygen atoms in total. The van der Waals surface area contributed by atoms with E-state index in [9.17, 15) is 24.0 Å². The number of thioether (sulfide) groups is 3. The predicted molar refractivity (Wildman–Crippen MR) is 192 cm³/mol. The zero-order valence-electron chi connectivity index (χ0n) is 27.9. The molecule has 0 saturated heterocycles. The first-order chi connectivity index (χ1) is 23.8. The number of methoxy groups -OCH3 is 4. The molecule has 3 aromatic rings. The molecule has 1 aromatic heterocycles. The number of nitrogens with zero attached hydrogens (tertiary/aromatic N) is 2. The lowest BCUT2D eigenvalue weighted by molar-refractivity contribution is -0.138. The van der Waals surface area contributed by atoms with Gasteiger partial charge in [0.1, 0.15) is 18.8 Å². The second-order valence-corrected chi connectivity index (χ2v) is 16.2. The van der Waals surface area contributed by atoms with E-state index in [4.69, 9.17) is 23.7 Å². The smallest absolute Gasteiger partial charge is 0.345 e. The molecule has 1 spiro atoms. The zero-order valence-corrected chi connectivity index (χ0v) is 31.1. The number of aryl methyl sites for hydroxylation is 1. The van der Waals surface area contributed by atoms with Gasteiger partial charge in [-0.2, -0.15) is 0 Å². The summed E-state index contributed by atoms with van der Waals surface area (Å²) in [7, 11) is 4.68. The van der Waals surface area contributed by atoms with E-state index in [1.165, 1.54) is 39.8 Å². The molecule has 0 bridgehead atoms. The Labute approximate surface area is 303 Å². The lowest BCUT2D eigenvalue weighted by Gasteiger charge is -2.50. The van der Waals surface area contributed by atoms with E-state index in [1.54, 1.807) is 24.8 Å². The fourth-order valence-corrected chi connectivity index (χ4v) is 11.8. The average molecular weight is 755 g/mol. The Kier molecular flexibility index (Phi) is 9.58. The molecule has 16 heteroatoms. The highest BCUT2D eigenvalue weighted by Gasteiger charge is 2.61. The number of carbonyl (C=O) groups is 5. The monoisotopic (exact) mass is 754 g/mol. The van der Waals surface area contributed by atoms with Crippen molar-refractivity contribution in [3.05, 3.63) is 78.8 Å². The first-order valence-electron chi connectivity index (χ1n) is 14.9. The van der Waals surface area contributed by atoms with E-state index in [1.807, 2.05) is 43.3 Å². The first-order valence-corrected chi connectivity index (χ1v) is 18.1. The maximum atomic E-state index is 14.3. The summed E-state index contributed by atoms with van der Waals surface area (Å²) in [6, 6.07) is 13.0. The molecule has 0 atom stereocenters. The number of aromatic nitrogens is 1. The van der Waals surface area contributed by atoms with Gasteiger partial charge in [-0.3, -0.25) is 9.69 Å². The number of carbonyl (C=O) groups excluding carboxylic acids is 5. The fourth-order valence-electron chi connectivity index (χ4n) is 5.98. The van der Waals surface area contributed by atoms with Crippen molar-refractivity contribution in [2.75, 3.05) is 39.9 Å². The number of para-hydroxylation sites is 1. The van der Waals surface area contributed by atoms with Gasteiger partial charge in [-0.1, -0.05) is 70.4 Å². The minimum atomic E-state index is -1.67. The van der Waals surface area contributed by atoms with Gasteiger partial charge in [-0.05, 0) is 45.0 Å². The number of esters is 4. The van der Waals surface area contributed by atoms with Crippen molar-refractivity contribution in [1.82, 2.24) is 4.98 Å². The van der Waals surface area contributed by atoms with Crippen molar-refractivity contribution in [2.45, 2.75) is 30.4 Å². The number of rotatable bonds is 7. The maximum absolute atomic E-state index is 14.3. The van der Waals surface area contributed by atoms with Gasteiger partial charge in [0.25, 0.3) is 11.1 Å². The second-order valence-electron chi connectivity index (χ2n) is 11.5. The highest BCUT2D eigenvalue weighted by Crippen LogP contribution is 2.71. The molecule has 260 valence electrons. The topological polar surface area (TPSA) is 148 Å². The van der Waals surface area contributed by atoms with Gasteiger partial charge in [0, 0.05) is 16.0 Å². The summed E-state index contributed by atoms with van der Waals surface area (Å²) in [5, 5.41) is 0.332. The van der Waals surface area contributed by atoms with E-state index < -0.39 is 39.4 Å². The summed E-state index contributed by atoms with van der Waals surface area (Å²) in [6.07, 6.45) is 0. The number of anilines is 1. The van der Waals surface area contributed by atoms with Gasteiger partial charge in [-0.25, -0.2) is 24.2 Å². The van der Waals surface area contributed by atoms with Crippen molar-refractivity contribution < 1.29 is 47.7 Å². The molecule has 0 N–H and O–H groups in total. The van der Waals surface area contributed by atoms with E-state index in [0.717, 1.165) is 51.1 Å². The largest absolute Gasteiger partial charge is 0.466 e. The van der Waals surface area contributed by atoms with Gasteiger partial charge in [0.2, 0.25) is 0 Å². The van der Waals surface area contributed by atoms with Crippen LogP contribution in [0, 0.1) is 6.92 Å². The molecule has 0 saturated carbocycles. The van der Waals surface area contributed by atoms with Gasteiger partial charge in [-0.15, -0.1) is 0 Å². The minimum absolute atomic E-state index is 0.122. The average Bonchev–Trinajstić information content (AvgIpc) is 3.71. The number of hydrogen-bond acceptors (Lipinski definition) is 15. The number of amides is 1. The molecular formula is C34H30N2O10S4. The number of benzene rings is 2. The molecule has 50 heavy (non-hydrogen) atoms. The Morgan fingerprint density at radius 1 is 0.800 bits per heavy atom. The number of thiazole rings is 1. The quantitative estimate of drug-likeness (QED) is 0.218. The normalized spacial score (nSPS) is 17.4. The minimum Gasteiger partial charge on any atom is -0.466 e. The van der Waals surface area contributed by atoms with Crippen LogP contribution in [0.25, 0.3) is 15.8 Å². The van der Waals surface area contributed by atoms with Crippen molar-refractivity contribution in [3.8, 4) is 5.19 Å². The summed E-state index contributed by atoms with van der Waals surface area (Å²) in [5.74, 6) is -3.82. The zero-order chi connectivity index (χ0) is 36.1. The molecule has 0 radical (unpaired) electrons. The summed E-state index contributed by atoms with van der Waals surface area (Å²) >= 11 is 4.03. The number of hydrogen-bond donors (Lipinski definition) is 0. The van der Waals surface area contributed by atoms with Crippen LogP contribution in [-0.4, -0.2) is 79.4 Å². The van der Waals surface area contributed by atoms with E-state index in [2.05, 4.69) is 4.98 Å². The number of ether oxygens (including phenoxy) is 5. The Morgan fingerprint density at radius 2 is 1.40 bits per heavy atom. The molecular weight excluding hydrogens is 725 g/mol. The third-order valence-electron chi connectivity index (χ3n) is 8.14. The molecule has 3 aliphatic rings. The Bertz CT molecular complexity index is 2040. The van der Waals surface area contributed by atoms with Crippen LogP contribution < -0.4 is 9.64 Å². The van der Waals surface area contributed by atoms with Crippen LogP contribution in [0.15, 0.2) is 67.7 Å². The first kappa shape index (κ1) is 35.6. The Balaban J connectivity index is 1.56. The van der Waals surface area contributed by atoms with Crippen LogP contribution in [0.1, 0.15) is 25.0 Å². The van der Waals surface area contributed by atoms with Gasteiger partial charge >= 0.3 is 23.9 Å². The highest BCUT2D eigenvalue weighted by molar-refractivity contribution is 8.26. The van der Waals surface area contributed by atoms with Crippen molar-refractivity contribution >= 4 is 97.9 Å². The summed E-state index contributed by atoms with van der Waals surface area (Å²) in [4.78, 5) is 74.4. The predicted octanol–water partition coefficient (Wildman–Crippen LogP) is 5.60. The molecule has 0 fully saturated rings. The van der Waals surface area contributed by atoms with E-state index in [0.29, 0.717) is 26.9 Å². The highest BCUT2D eigenvalue weighted by atomic mass is 32.2. The third kappa shape index (κ3) is 5.67.